The van der Waals surface area contributed by atoms with Crippen LogP contribution in [0.3, 0.4) is 0 Å². The van der Waals surface area contributed by atoms with E-state index in [1.165, 1.54) is 11.1 Å². The highest BCUT2D eigenvalue weighted by atomic mass is 28.4. The monoisotopic (exact) mass is 397 g/mol. The highest BCUT2D eigenvalue weighted by molar-refractivity contribution is 6.74. The number of hydrogen-bond acceptors (Lipinski definition) is 3. The average Bonchev–Trinajstić information content (AvgIpc) is 2.66. The van der Waals surface area contributed by atoms with Crippen molar-refractivity contribution in [3.8, 4) is 11.5 Å². The SMILES string of the molecule is CC(C)(C)[Si](C)(C)OCCCCC1(CN)c2ccccc2Oc2ccccc21. The Balaban J connectivity index is 1.75. The molecular formula is C24H35NO2Si. The largest absolute Gasteiger partial charge is 0.457 e. The molecule has 2 aromatic carbocycles. The maximum absolute atomic E-state index is 6.43. The molecule has 0 spiro atoms. The third kappa shape index (κ3) is 3.91. The third-order valence-corrected chi connectivity index (χ3v) is 11.2. The molecule has 3 nitrogen and oxygen atoms in total. The van der Waals surface area contributed by atoms with Crippen molar-refractivity contribution in [1.29, 1.82) is 0 Å². The van der Waals surface area contributed by atoms with Crippen LogP contribution in [-0.4, -0.2) is 21.5 Å². The first-order chi connectivity index (χ1) is 13.2. The summed E-state index contributed by atoms with van der Waals surface area (Å²) in [6.45, 7) is 12.9. The summed E-state index contributed by atoms with van der Waals surface area (Å²) < 4.78 is 12.5. The van der Waals surface area contributed by atoms with Crippen molar-refractivity contribution in [3.05, 3.63) is 59.7 Å². The van der Waals surface area contributed by atoms with Gasteiger partial charge in [0.25, 0.3) is 0 Å². The van der Waals surface area contributed by atoms with Gasteiger partial charge in [0.15, 0.2) is 8.32 Å². The molecule has 0 saturated carbocycles. The van der Waals surface area contributed by atoms with Crippen molar-refractivity contribution in [2.24, 2.45) is 5.73 Å². The fraction of sp³-hybridized carbons (Fsp3) is 0.500. The Morgan fingerprint density at radius 2 is 1.46 bits per heavy atom. The number of hydrogen-bond donors (Lipinski definition) is 1. The Hall–Kier alpha value is -1.62. The van der Waals surface area contributed by atoms with Crippen LogP contribution in [0.1, 0.15) is 51.2 Å². The van der Waals surface area contributed by atoms with Crippen molar-refractivity contribution in [2.45, 2.75) is 63.6 Å². The van der Waals surface area contributed by atoms with Crippen LogP contribution in [0.15, 0.2) is 48.5 Å². The summed E-state index contributed by atoms with van der Waals surface area (Å²) in [5.74, 6) is 1.87. The van der Waals surface area contributed by atoms with Crippen molar-refractivity contribution in [1.82, 2.24) is 0 Å². The van der Waals surface area contributed by atoms with E-state index in [9.17, 15) is 0 Å². The molecule has 0 aliphatic carbocycles. The van der Waals surface area contributed by atoms with Crippen molar-refractivity contribution in [2.75, 3.05) is 13.2 Å². The number of rotatable bonds is 7. The van der Waals surface area contributed by atoms with Gasteiger partial charge in [-0.05, 0) is 49.5 Å². The Kier molecular flexibility index (Phi) is 6.04. The van der Waals surface area contributed by atoms with Crippen molar-refractivity contribution < 1.29 is 9.16 Å². The number of benzene rings is 2. The van der Waals surface area contributed by atoms with Gasteiger partial charge in [0.05, 0.1) is 0 Å². The van der Waals surface area contributed by atoms with Gasteiger partial charge in [-0.2, -0.15) is 0 Å². The topological polar surface area (TPSA) is 44.5 Å². The van der Waals surface area contributed by atoms with Crippen LogP contribution in [0.4, 0.5) is 0 Å². The highest BCUT2D eigenvalue weighted by Gasteiger charge is 2.41. The molecule has 0 bridgehead atoms. The standard InChI is InChI=1S/C24H35NO2Si/c1-23(2,3)28(4,5)26-17-11-10-16-24(18-25)19-12-6-8-14-21(19)27-22-15-9-7-13-20(22)24/h6-9,12-15H,10-11,16-18,25H2,1-5H3. The van der Waals surface area contributed by atoms with Gasteiger partial charge in [0.2, 0.25) is 0 Å². The summed E-state index contributed by atoms with van der Waals surface area (Å²) in [4.78, 5) is 0. The number of nitrogens with two attached hydrogens (primary N) is 1. The molecule has 1 aliphatic heterocycles. The van der Waals surface area contributed by atoms with Gasteiger partial charge in [-0.3, -0.25) is 0 Å². The summed E-state index contributed by atoms with van der Waals surface area (Å²) in [5.41, 5.74) is 8.66. The van der Waals surface area contributed by atoms with Crippen LogP contribution in [0.2, 0.25) is 18.1 Å². The van der Waals surface area contributed by atoms with Crippen LogP contribution in [0, 0.1) is 0 Å². The molecule has 0 amide bonds. The molecule has 0 fully saturated rings. The molecule has 28 heavy (non-hydrogen) atoms. The second-order valence-electron chi connectivity index (χ2n) is 9.45. The Morgan fingerprint density at radius 1 is 0.929 bits per heavy atom. The van der Waals surface area contributed by atoms with Crippen LogP contribution >= 0.6 is 0 Å². The van der Waals surface area contributed by atoms with E-state index in [1.54, 1.807) is 0 Å². The maximum Gasteiger partial charge on any atom is 0.191 e. The molecule has 1 aliphatic rings. The van der Waals surface area contributed by atoms with E-state index >= 15 is 0 Å². The Bertz CT molecular complexity index is 765. The molecule has 0 radical (unpaired) electrons. The quantitative estimate of drug-likeness (QED) is 0.445. The lowest BCUT2D eigenvalue weighted by atomic mass is 9.69. The maximum atomic E-state index is 6.43. The molecule has 0 aromatic heterocycles. The first kappa shape index (κ1) is 21.1. The number of ether oxygens (including phenoxy) is 1. The highest BCUT2D eigenvalue weighted by Crippen LogP contribution is 2.50. The smallest absolute Gasteiger partial charge is 0.191 e. The summed E-state index contributed by atoms with van der Waals surface area (Å²) in [6.07, 6.45) is 3.13. The summed E-state index contributed by atoms with van der Waals surface area (Å²) >= 11 is 0. The van der Waals surface area contributed by atoms with Gasteiger partial charge in [0, 0.05) is 29.7 Å². The lowest BCUT2D eigenvalue weighted by Crippen LogP contribution is -2.41. The van der Waals surface area contributed by atoms with E-state index < -0.39 is 8.32 Å². The van der Waals surface area contributed by atoms with Gasteiger partial charge in [-0.25, -0.2) is 0 Å². The molecule has 0 atom stereocenters. The predicted molar refractivity (Wildman–Crippen MR) is 120 cm³/mol. The molecule has 3 rings (SSSR count). The van der Waals surface area contributed by atoms with Crippen molar-refractivity contribution >= 4 is 8.32 Å². The molecule has 2 N–H and O–H groups in total. The lowest BCUT2D eigenvalue weighted by Gasteiger charge is -2.40. The number of unbranched alkanes of at least 4 members (excludes halogenated alkanes) is 1. The van der Waals surface area contributed by atoms with E-state index in [0.29, 0.717) is 6.54 Å². The molecule has 2 aromatic rings. The van der Waals surface area contributed by atoms with Gasteiger partial charge in [-0.1, -0.05) is 57.2 Å². The average molecular weight is 398 g/mol. The van der Waals surface area contributed by atoms with E-state index in [0.717, 1.165) is 37.4 Å². The fourth-order valence-corrected chi connectivity index (χ4v) is 4.92. The molecule has 0 unspecified atom stereocenters. The molecule has 152 valence electrons. The molecule has 1 heterocycles. The first-order valence-electron chi connectivity index (χ1n) is 10.4. The zero-order valence-corrected chi connectivity index (χ0v) is 19.0. The summed E-state index contributed by atoms with van der Waals surface area (Å²) in [5, 5.41) is 0.254. The van der Waals surface area contributed by atoms with Crippen LogP contribution in [0.25, 0.3) is 0 Å². The van der Waals surface area contributed by atoms with Gasteiger partial charge < -0.3 is 14.9 Å². The second-order valence-corrected chi connectivity index (χ2v) is 14.3. The van der Waals surface area contributed by atoms with Gasteiger partial charge >= 0.3 is 0 Å². The second kappa shape index (κ2) is 8.01. The van der Waals surface area contributed by atoms with Gasteiger partial charge in [-0.15, -0.1) is 0 Å². The normalized spacial score (nSPS) is 15.5. The zero-order chi connectivity index (χ0) is 20.4. The minimum absolute atomic E-state index is 0.192. The van der Waals surface area contributed by atoms with Crippen LogP contribution < -0.4 is 10.5 Å². The zero-order valence-electron chi connectivity index (χ0n) is 18.0. The van der Waals surface area contributed by atoms with E-state index in [2.05, 4.69) is 70.3 Å². The van der Waals surface area contributed by atoms with Crippen LogP contribution in [0.5, 0.6) is 11.5 Å². The fourth-order valence-electron chi connectivity index (χ4n) is 3.83. The first-order valence-corrected chi connectivity index (χ1v) is 13.3. The Morgan fingerprint density at radius 3 is 1.96 bits per heavy atom. The van der Waals surface area contributed by atoms with Crippen molar-refractivity contribution in [3.63, 3.8) is 0 Å². The van der Waals surface area contributed by atoms with E-state index in [4.69, 9.17) is 14.9 Å². The van der Waals surface area contributed by atoms with Crippen LogP contribution in [-0.2, 0) is 9.84 Å². The predicted octanol–water partition coefficient (Wildman–Crippen LogP) is 6.23. The van der Waals surface area contributed by atoms with Gasteiger partial charge in [0.1, 0.15) is 11.5 Å². The molecular weight excluding hydrogens is 362 g/mol. The minimum Gasteiger partial charge on any atom is -0.457 e. The molecule has 4 heteroatoms. The lowest BCUT2D eigenvalue weighted by molar-refractivity contribution is 0.270. The molecule has 0 saturated heterocycles. The van der Waals surface area contributed by atoms with E-state index in [-0.39, 0.29) is 10.5 Å². The number of fused-ring (bicyclic) bond motifs is 2. The minimum atomic E-state index is -1.68. The summed E-state index contributed by atoms with van der Waals surface area (Å²) in [7, 11) is -1.68. The summed E-state index contributed by atoms with van der Waals surface area (Å²) in [6, 6.07) is 16.7. The third-order valence-electron chi connectivity index (χ3n) is 6.64. The van der Waals surface area contributed by atoms with E-state index in [1.807, 2.05) is 12.1 Å². The number of para-hydroxylation sites is 2. The Labute approximate surface area is 171 Å².